The summed E-state index contributed by atoms with van der Waals surface area (Å²) in [5.74, 6) is 2.05. The zero-order chi connectivity index (χ0) is 15.8. The van der Waals surface area contributed by atoms with Crippen LogP contribution in [0.5, 0.6) is 0 Å². The third-order valence-corrected chi connectivity index (χ3v) is 7.71. The third kappa shape index (κ3) is 1.85. The van der Waals surface area contributed by atoms with Gasteiger partial charge in [-0.25, -0.2) is 5.73 Å². The fourth-order valence-electron chi connectivity index (χ4n) is 6.34. The zero-order valence-electron chi connectivity index (χ0n) is 13.8. The number of aliphatic hydroxyl groups is 1. The molecule has 0 amide bonds. The molecule has 3 heteroatoms. The van der Waals surface area contributed by atoms with Crippen molar-refractivity contribution in [2.75, 3.05) is 0 Å². The van der Waals surface area contributed by atoms with Crippen molar-refractivity contribution in [3.8, 4) is 0 Å². The van der Waals surface area contributed by atoms with Crippen LogP contribution in [0.2, 0.25) is 0 Å². The minimum atomic E-state index is -1.02. The lowest BCUT2D eigenvalue weighted by Crippen LogP contribution is -2.52. The van der Waals surface area contributed by atoms with Gasteiger partial charge in [-0.2, -0.15) is 0 Å². The fraction of sp³-hybridized carbons (Fsp3) is 0.789. The minimum absolute atomic E-state index is 0.0850. The van der Waals surface area contributed by atoms with Gasteiger partial charge in [-0.15, -0.1) is 0 Å². The van der Waals surface area contributed by atoms with Crippen LogP contribution in [-0.2, 0) is 0 Å². The van der Waals surface area contributed by atoms with Gasteiger partial charge in [-0.05, 0) is 73.8 Å². The predicted molar refractivity (Wildman–Crippen MR) is 87.6 cm³/mol. The summed E-state index contributed by atoms with van der Waals surface area (Å²) in [7, 11) is 0. The Kier molecular flexibility index (Phi) is 3.03. The summed E-state index contributed by atoms with van der Waals surface area (Å²) < 4.78 is 0. The molecule has 4 aliphatic rings. The molecule has 0 aromatic carbocycles. The van der Waals surface area contributed by atoms with Gasteiger partial charge >= 0.3 is 0 Å². The number of allylic oxidation sites excluding steroid dienone is 2. The molecule has 3 fully saturated rings. The van der Waals surface area contributed by atoms with Gasteiger partial charge in [0.2, 0.25) is 0 Å². The Labute approximate surface area is 133 Å². The van der Waals surface area contributed by atoms with Crippen LogP contribution in [-0.4, -0.2) is 16.9 Å². The van der Waals surface area contributed by atoms with Gasteiger partial charge in [0.25, 0.3) is 0 Å². The molecule has 3 nitrogen and oxygen atoms in total. The van der Waals surface area contributed by atoms with Crippen LogP contribution in [0.25, 0.3) is 0 Å². The lowest BCUT2D eigenvalue weighted by atomic mass is 9.48. The van der Waals surface area contributed by atoms with E-state index in [9.17, 15) is 5.11 Å². The summed E-state index contributed by atoms with van der Waals surface area (Å²) in [5.41, 5.74) is 14.7. The largest absolute Gasteiger partial charge is 0.393 e. The molecule has 0 aliphatic heterocycles. The molecule has 3 unspecified atom stereocenters. The number of nitrogens with two attached hydrogens (primary N) is 1. The van der Waals surface area contributed by atoms with E-state index in [4.69, 9.17) is 11.5 Å². The summed E-state index contributed by atoms with van der Waals surface area (Å²) >= 11 is 0. The Morgan fingerprint density at radius 1 is 1.14 bits per heavy atom. The molecule has 1 radical (unpaired) electrons. The molecule has 0 heterocycles. The van der Waals surface area contributed by atoms with Gasteiger partial charge < -0.3 is 10.8 Å². The van der Waals surface area contributed by atoms with Gasteiger partial charge in [0.15, 0.2) is 0 Å². The van der Waals surface area contributed by atoms with Gasteiger partial charge in [-0.3, -0.25) is 0 Å². The van der Waals surface area contributed by atoms with Gasteiger partial charge in [0, 0.05) is 5.41 Å². The Balaban J connectivity index is 1.69. The highest BCUT2D eigenvalue weighted by Crippen LogP contribution is 2.64. The van der Waals surface area contributed by atoms with Crippen LogP contribution in [0.3, 0.4) is 0 Å². The highest BCUT2D eigenvalue weighted by molar-refractivity contribution is 5.37. The van der Waals surface area contributed by atoms with Crippen LogP contribution >= 0.6 is 0 Å². The number of aliphatic hydroxyl groups excluding tert-OH is 1. The summed E-state index contributed by atoms with van der Waals surface area (Å²) in [6, 6.07) is 0. The van der Waals surface area contributed by atoms with Crippen molar-refractivity contribution in [2.45, 2.75) is 64.1 Å². The molecular formula is C19H29N2O. The van der Waals surface area contributed by atoms with Gasteiger partial charge in [0.1, 0.15) is 5.66 Å². The first-order valence-electron chi connectivity index (χ1n) is 8.91. The Morgan fingerprint density at radius 2 is 1.91 bits per heavy atom. The number of fused-ring (bicyclic) bond motifs is 5. The molecule has 0 spiro atoms. The molecular weight excluding hydrogens is 272 g/mol. The Morgan fingerprint density at radius 3 is 2.68 bits per heavy atom. The average Bonchev–Trinajstić information content (AvgIpc) is 2.76. The van der Waals surface area contributed by atoms with E-state index in [0.29, 0.717) is 11.8 Å². The SMILES string of the molecule is C[C@]12C=C[C@]([NH])(N)C=C1CCC1C2CC[C@@]2(C)C1CC[C@@H]2O. The van der Waals surface area contributed by atoms with Crippen LogP contribution in [0.15, 0.2) is 23.8 Å². The van der Waals surface area contributed by atoms with Crippen molar-refractivity contribution < 1.29 is 5.11 Å². The molecule has 0 aromatic rings. The van der Waals surface area contributed by atoms with E-state index in [1.54, 1.807) is 0 Å². The first-order chi connectivity index (χ1) is 10.3. The fourth-order valence-corrected chi connectivity index (χ4v) is 6.34. The van der Waals surface area contributed by atoms with Crippen LogP contribution in [0.4, 0.5) is 0 Å². The van der Waals surface area contributed by atoms with Crippen molar-refractivity contribution in [3.05, 3.63) is 23.8 Å². The minimum Gasteiger partial charge on any atom is -0.393 e. The lowest BCUT2D eigenvalue weighted by Gasteiger charge is -2.57. The molecule has 22 heavy (non-hydrogen) atoms. The normalized spacial score (nSPS) is 52.5. The van der Waals surface area contributed by atoms with Crippen molar-refractivity contribution >= 4 is 0 Å². The van der Waals surface area contributed by atoms with Crippen molar-refractivity contribution in [1.82, 2.24) is 5.73 Å². The first-order valence-corrected chi connectivity index (χ1v) is 8.91. The molecule has 4 rings (SSSR count). The van der Waals surface area contributed by atoms with Gasteiger partial charge in [-0.1, -0.05) is 25.5 Å². The van der Waals surface area contributed by atoms with E-state index in [2.05, 4.69) is 19.9 Å². The first kappa shape index (κ1) is 14.9. The van der Waals surface area contributed by atoms with E-state index in [1.807, 2.05) is 12.2 Å². The van der Waals surface area contributed by atoms with E-state index in [-0.39, 0.29) is 16.9 Å². The van der Waals surface area contributed by atoms with Crippen LogP contribution in [0.1, 0.15) is 52.4 Å². The van der Waals surface area contributed by atoms with Crippen molar-refractivity contribution in [1.29, 1.82) is 0 Å². The highest BCUT2D eigenvalue weighted by Gasteiger charge is 2.58. The summed E-state index contributed by atoms with van der Waals surface area (Å²) in [5, 5.41) is 10.5. The quantitative estimate of drug-likeness (QED) is 0.675. The van der Waals surface area contributed by atoms with Crippen LogP contribution in [0, 0.1) is 28.6 Å². The average molecular weight is 301 g/mol. The Bertz CT molecular complexity index is 552. The Hall–Kier alpha value is -0.640. The third-order valence-electron chi connectivity index (χ3n) is 7.71. The van der Waals surface area contributed by atoms with E-state index < -0.39 is 5.66 Å². The van der Waals surface area contributed by atoms with E-state index >= 15 is 0 Å². The van der Waals surface area contributed by atoms with E-state index in [1.165, 1.54) is 24.8 Å². The molecule has 121 valence electrons. The molecule has 0 aromatic heterocycles. The lowest BCUT2D eigenvalue weighted by molar-refractivity contribution is -0.0618. The van der Waals surface area contributed by atoms with Crippen molar-refractivity contribution in [2.24, 2.45) is 34.3 Å². The predicted octanol–water partition coefficient (Wildman–Crippen LogP) is 3.02. The van der Waals surface area contributed by atoms with E-state index in [0.717, 1.165) is 25.2 Å². The molecule has 4 N–H and O–H groups in total. The second-order valence-corrected chi connectivity index (χ2v) is 8.77. The zero-order valence-corrected chi connectivity index (χ0v) is 13.8. The molecule has 7 atom stereocenters. The molecule has 0 bridgehead atoms. The number of rotatable bonds is 0. The summed E-state index contributed by atoms with van der Waals surface area (Å²) in [6.07, 6.45) is 12.8. The molecule has 3 saturated carbocycles. The highest BCUT2D eigenvalue weighted by atomic mass is 16.3. The van der Waals surface area contributed by atoms with Gasteiger partial charge in [0.05, 0.1) is 6.10 Å². The molecule has 0 saturated heterocycles. The smallest absolute Gasteiger partial charge is 0.117 e. The maximum Gasteiger partial charge on any atom is 0.117 e. The topological polar surface area (TPSA) is 70.0 Å². The summed E-state index contributed by atoms with van der Waals surface area (Å²) in [4.78, 5) is 0. The van der Waals surface area contributed by atoms with Crippen molar-refractivity contribution in [3.63, 3.8) is 0 Å². The monoisotopic (exact) mass is 301 g/mol. The number of hydrogen-bond donors (Lipinski definition) is 2. The maximum atomic E-state index is 10.5. The second kappa shape index (κ2) is 4.46. The maximum absolute atomic E-state index is 10.5. The van der Waals surface area contributed by atoms with Crippen LogP contribution < -0.4 is 11.5 Å². The standard InChI is InChI=1S/C19H29N2O/c1-17-9-10-19(20,21)11-12(17)3-4-13-14-5-6-16(22)18(14,2)8-7-15(13)17/h9-11,13-16,20,22H,3-8,21H2,1-2H3/t13?,14?,15?,16-,17-,18-,19-/m0/s1. The second-order valence-electron chi connectivity index (χ2n) is 8.77. The summed E-state index contributed by atoms with van der Waals surface area (Å²) in [6.45, 7) is 4.68. The number of hydrogen-bond acceptors (Lipinski definition) is 2. The molecule has 4 aliphatic carbocycles. The number of nitrogens with one attached hydrogen (secondary N) is 1.